The summed E-state index contributed by atoms with van der Waals surface area (Å²) in [4.78, 5) is 7.85. The molecule has 0 aliphatic rings. The smallest absolute Gasteiger partial charge is 0.132 e. The van der Waals surface area contributed by atoms with E-state index in [1.54, 1.807) is 13.2 Å². The Morgan fingerprint density at radius 3 is 2.58 bits per heavy atom. The highest BCUT2D eigenvalue weighted by atomic mass is 35.5. The predicted octanol–water partition coefficient (Wildman–Crippen LogP) is 2.01. The lowest BCUT2D eigenvalue weighted by Gasteiger charge is -2.21. The molecule has 1 rings (SSSR count). The molecule has 0 fully saturated rings. The van der Waals surface area contributed by atoms with Gasteiger partial charge in [0.25, 0.3) is 0 Å². The minimum atomic E-state index is -0.410. The molecule has 0 bridgehead atoms. The van der Waals surface area contributed by atoms with Crippen molar-refractivity contribution < 1.29 is 4.74 Å². The summed E-state index contributed by atoms with van der Waals surface area (Å²) in [7, 11) is 1.63. The van der Waals surface area contributed by atoms with Gasteiger partial charge in [-0.2, -0.15) is 0 Å². The normalized spacial score (nSPS) is 11.7. The highest BCUT2D eigenvalue weighted by Gasteiger charge is 2.21. The number of methoxy groups -OCH3 is 1. The summed E-state index contributed by atoms with van der Waals surface area (Å²) < 4.78 is 5.23. The topological polar surface area (TPSA) is 35.0 Å². The van der Waals surface area contributed by atoms with E-state index in [1.165, 1.54) is 6.33 Å². The van der Waals surface area contributed by atoms with Gasteiger partial charge in [-0.15, -0.1) is 0 Å². The molecule has 1 aromatic rings. The van der Waals surface area contributed by atoms with E-state index in [0.717, 1.165) is 5.69 Å². The monoisotopic (exact) mass is 186 g/mol. The summed E-state index contributed by atoms with van der Waals surface area (Å²) in [5.74, 6) is 0. The maximum absolute atomic E-state index is 5.70. The molecule has 0 saturated heterocycles. The van der Waals surface area contributed by atoms with Gasteiger partial charge in [-0.05, 0) is 13.8 Å². The molecule has 12 heavy (non-hydrogen) atoms. The van der Waals surface area contributed by atoms with Crippen LogP contribution in [0, 0.1) is 0 Å². The first-order valence-electron chi connectivity index (χ1n) is 3.59. The Balaban J connectivity index is 3.03. The number of rotatable bonds is 2. The fourth-order valence-corrected chi connectivity index (χ4v) is 0.914. The van der Waals surface area contributed by atoms with Gasteiger partial charge in [-0.3, -0.25) is 0 Å². The summed E-state index contributed by atoms with van der Waals surface area (Å²) in [5.41, 5.74) is 0.372. The van der Waals surface area contributed by atoms with Crippen molar-refractivity contribution in [3.05, 3.63) is 23.2 Å². The third-order valence-corrected chi connectivity index (χ3v) is 1.97. The summed E-state index contributed by atoms with van der Waals surface area (Å²) in [6, 6.07) is 1.70. The third kappa shape index (κ3) is 1.93. The molecule has 0 aliphatic heterocycles. The van der Waals surface area contributed by atoms with Gasteiger partial charge in [0, 0.05) is 13.2 Å². The molecular formula is C8H11ClN2O. The Kier molecular flexibility index (Phi) is 2.65. The maximum Gasteiger partial charge on any atom is 0.132 e. The molecule has 3 nitrogen and oxygen atoms in total. The lowest BCUT2D eigenvalue weighted by molar-refractivity contribution is 0.0154. The van der Waals surface area contributed by atoms with E-state index in [2.05, 4.69) is 9.97 Å². The van der Waals surface area contributed by atoms with Gasteiger partial charge in [-0.25, -0.2) is 9.97 Å². The zero-order chi connectivity index (χ0) is 9.19. The van der Waals surface area contributed by atoms with Crippen LogP contribution in [0.2, 0.25) is 5.15 Å². The first-order valence-corrected chi connectivity index (χ1v) is 3.97. The molecule has 66 valence electrons. The minimum absolute atomic E-state index is 0.410. The summed E-state index contributed by atoms with van der Waals surface area (Å²) >= 11 is 5.70. The van der Waals surface area contributed by atoms with Crippen LogP contribution in [0.25, 0.3) is 0 Å². The Labute approximate surface area is 76.7 Å². The van der Waals surface area contributed by atoms with Crippen LogP contribution < -0.4 is 0 Å². The van der Waals surface area contributed by atoms with Crippen molar-refractivity contribution in [2.45, 2.75) is 19.4 Å². The van der Waals surface area contributed by atoms with Crippen LogP contribution in [0.3, 0.4) is 0 Å². The highest BCUT2D eigenvalue weighted by Crippen LogP contribution is 2.22. The van der Waals surface area contributed by atoms with E-state index in [0.29, 0.717) is 5.15 Å². The van der Waals surface area contributed by atoms with Crippen LogP contribution in [0.1, 0.15) is 19.5 Å². The van der Waals surface area contributed by atoms with Crippen LogP contribution in [-0.4, -0.2) is 17.1 Å². The van der Waals surface area contributed by atoms with Crippen molar-refractivity contribution in [3.8, 4) is 0 Å². The van der Waals surface area contributed by atoms with Crippen LogP contribution in [-0.2, 0) is 10.3 Å². The highest BCUT2D eigenvalue weighted by molar-refractivity contribution is 6.29. The van der Waals surface area contributed by atoms with E-state index in [-0.39, 0.29) is 0 Å². The van der Waals surface area contributed by atoms with Crippen LogP contribution >= 0.6 is 11.6 Å². The zero-order valence-electron chi connectivity index (χ0n) is 7.34. The van der Waals surface area contributed by atoms with Crippen molar-refractivity contribution in [3.63, 3.8) is 0 Å². The van der Waals surface area contributed by atoms with E-state index in [1.807, 2.05) is 13.8 Å². The number of hydrogen-bond acceptors (Lipinski definition) is 3. The fraction of sp³-hybridized carbons (Fsp3) is 0.500. The first kappa shape index (κ1) is 9.42. The van der Waals surface area contributed by atoms with E-state index < -0.39 is 5.60 Å². The predicted molar refractivity (Wildman–Crippen MR) is 47.1 cm³/mol. The SMILES string of the molecule is COC(C)(C)c1cc(Cl)ncn1. The summed E-state index contributed by atoms with van der Waals surface area (Å²) in [6.45, 7) is 3.84. The number of halogens is 1. The van der Waals surface area contributed by atoms with Gasteiger partial charge >= 0.3 is 0 Å². The third-order valence-electron chi connectivity index (χ3n) is 1.76. The molecule has 0 atom stereocenters. The second kappa shape index (κ2) is 3.37. The fourth-order valence-electron chi connectivity index (χ4n) is 0.767. The van der Waals surface area contributed by atoms with Crippen molar-refractivity contribution in [1.82, 2.24) is 9.97 Å². The molecule has 0 spiro atoms. The second-order valence-electron chi connectivity index (χ2n) is 2.94. The van der Waals surface area contributed by atoms with Gasteiger partial charge in [0.1, 0.15) is 17.1 Å². The van der Waals surface area contributed by atoms with Crippen molar-refractivity contribution in [2.24, 2.45) is 0 Å². The molecule has 0 aliphatic carbocycles. The summed E-state index contributed by atoms with van der Waals surface area (Å²) in [5, 5.41) is 0.435. The molecule has 0 saturated carbocycles. The lowest BCUT2D eigenvalue weighted by atomic mass is 10.1. The largest absolute Gasteiger partial charge is 0.373 e. The first-order chi connectivity index (χ1) is 5.56. The molecule has 1 heterocycles. The quantitative estimate of drug-likeness (QED) is 0.663. The van der Waals surface area contributed by atoms with Crippen LogP contribution in [0.4, 0.5) is 0 Å². The standard InChI is InChI=1S/C8H11ClN2O/c1-8(2,12-3)6-4-7(9)11-5-10-6/h4-5H,1-3H3. The molecule has 0 radical (unpaired) electrons. The molecule has 0 aromatic carbocycles. The molecule has 4 heteroatoms. The average Bonchev–Trinajstić information content (AvgIpc) is 2.05. The average molecular weight is 187 g/mol. The van der Waals surface area contributed by atoms with Crippen LogP contribution in [0.15, 0.2) is 12.4 Å². The lowest BCUT2D eigenvalue weighted by Crippen LogP contribution is -2.21. The second-order valence-corrected chi connectivity index (χ2v) is 3.33. The molecule has 0 unspecified atom stereocenters. The Morgan fingerprint density at radius 1 is 1.42 bits per heavy atom. The molecular weight excluding hydrogens is 176 g/mol. The zero-order valence-corrected chi connectivity index (χ0v) is 8.09. The van der Waals surface area contributed by atoms with Gasteiger partial charge in [0.2, 0.25) is 0 Å². The van der Waals surface area contributed by atoms with Gasteiger partial charge < -0.3 is 4.74 Å². The minimum Gasteiger partial charge on any atom is -0.373 e. The number of ether oxygens (including phenoxy) is 1. The van der Waals surface area contributed by atoms with E-state index >= 15 is 0 Å². The van der Waals surface area contributed by atoms with Crippen molar-refractivity contribution in [1.29, 1.82) is 0 Å². The van der Waals surface area contributed by atoms with E-state index in [9.17, 15) is 0 Å². The van der Waals surface area contributed by atoms with Crippen molar-refractivity contribution >= 4 is 11.6 Å². The maximum atomic E-state index is 5.70. The number of nitrogens with zero attached hydrogens (tertiary/aromatic N) is 2. The molecule has 0 N–H and O–H groups in total. The number of aromatic nitrogens is 2. The number of hydrogen-bond donors (Lipinski definition) is 0. The Morgan fingerprint density at radius 2 is 2.08 bits per heavy atom. The molecule has 1 aromatic heterocycles. The van der Waals surface area contributed by atoms with E-state index in [4.69, 9.17) is 16.3 Å². The van der Waals surface area contributed by atoms with Gasteiger partial charge in [-0.1, -0.05) is 11.6 Å². The van der Waals surface area contributed by atoms with Crippen LogP contribution in [0.5, 0.6) is 0 Å². The molecule has 0 amide bonds. The summed E-state index contributed by atoms with van der Waals surface area (Å²) in [6.07, 6.45) is 1.43. The van der Waals surface area contributed by atoms with Gasteiger partial charge in [0.05, 0.1) is 5.69 Å². The van der Waals surface area contributed by atoms with Gasteiger partial charge in [0.15, 0.2) is 0 Å². The van der Waals surface area contributed by atoms with Crippen molar-refractivity contribution in [2.75, 3.05) is 7.11 Å². The Hall–Kier alpha value is -0.670. The Bertz CT molecular complexity index is 276.